The van der Waals surface area contributed by atoms with Crippen molar-refractivity contribution in [3.63, 3.8) is 0 Å². The van der Waals surface area contributed by atoms with Crippen molar-refractivity contribution in [2.75, 3.05) is 0 Å². The summed E-state index contributed by atoms with van der Waals surface area (Å²) in [6, 6.07) is 10.7. The molecule has 0 N–H and O–H groups in total. The molecular weight excluding hydrogens is 191 g/mol. The molecule has 0 aliphatic heterocycles. The van der Waals surface area contributed by atoms with Crippen LogP contribution in [0.25, 0.3) is 0 Å². The first kappa shape index (κ1) is 13.4. The summed E-state index contributed by atoms with van der Waals surface area (Å²) in [4.78, 5) is 0. The topological polar surface area (TPSA) is 0 Å². The third kappa shape index (κ3) is 4.87. The summed E-state index contributed by atoms with van der Waals surface area (Å²) >= 11 is 0. The van der Waals surface area contributed by atoms with Crippen molar-refractivity contribution in [2.24, 2.45) is 11.3 Å². The van der Waals surface area contributed by atoms with Gasteiger partial charge in [0.25, 0.3) is 0 Å². The largest absolute Gasteiger partial charge is 0.155 e. The highest BCUT2D eigenvalue weighted by molar-refractivity contribution is 6.55. The minimum Gasteiger partial charge on any atom is -0.0875 e. The molecule has 1 aromatic rings. The Balaban J connectivity index is 2.66. The molecule has 1 atom stereocenters. The molecule has 0 aromatic heterocycles. The van der Waals surface area contributed by atoms with E-state index in [-0.39, 0.29) is 0 Å². The molecule has 87 valence electrons. The van der Waals surface area contributed by atoms with Gasteiger partial charge >= 0.3 is 0 Å². The van der Waals surface area contributed by atoms with Crippen LogP contribution in [0.3, 0.4) is 0 Å². The standard InChI is InChI=1S/C15H24B/c1-12(2)14(11-15(3,4)5)16-13-9-7-6-8-10-13/h6-10,12,14H,11H2,1-5H3. The Morgan fingerprint density at radius 3 is 2.06 bits per heavy atom. The zero-order valence-electron chi connectivity index (χ0n) is 11.3. The molecule has 0 aliphatic rings. The van der Waals surface area contributed by atoms with Crippen molar-refractivity contribution in [1.29, 1.82) is 0 Å². The maximum absolute atomic E-state index is 2.43. The first-order chi connectivity index (χ1) is 7.38. The van der Waals surface area contributed by atoms with Crippen LogP contribution < -0.4 is 5.46 Å². The van der Waals surface area contributed by atoms with Crippen LogP contribution in [0.1, 0.15) is 41.0 Å². The molecule has 1 radical (unpaired) electrons. The zero-order chi connectivity index (χ0) is 12.2. The number of benzene rings is 1. The molecule has 0 heterocycles. The summed E-state index contributed by atoms with van der Waals surface area (Å²) in [6.45, 7) is 11.6. The monoisotopic (exact) mass is 215 g/mol. The van der Waals surface area contributed by atoms with Gasteiger partial charge in [-0.2, -0.15) is 0 Å². The Morgan fingerprint density at radius 2 is 1.62 bits per heavy atom. The van der Waals surface area contributed by atoms with Crippen molar-refractivity contribution in [3.8, 4) is 0 Å². The van der Waals surface area contributed by atoms with Gasteiger partial charge in [0.05, 0.1) is 0 Å². The molecule has 0 fully saturated rings. The van der Waals surface area contributed by atoms with Gasteiger partial charge in [0, 0.05) is 0 Å². The predicted molar refractivity (Wildman–Crippen MR) is 74.5 cm³/mol. The van der Waals surface area contributed by atoms with E-state index in [9.17, 15) is 0 Å². The van der Waals surface area contributed by atoms with E-state index in [1.54, 1.807) is 0 Å². The Hall–Kier alpha value is -0.715. The summed E-state index contributed by atoms with van der Waals surface area (Å²) in [5, 5.41) is 0. The number of hydrogen-bond donors (Lipinski definition) is 0. The van der Waals surface area contributed by atoms with Crippen molar-refractivity contribution in [3.05, 3.63) is 30.3 Å². The minimum atomic E-state index is 0.403. The lowest BCUT2D eigenvalue weighted by Crippen LogP contribution is -2.26. The van der Waals surface area contributed by atoms with Crippen LogP contribution in [0, 0.1) is 11.3 Å². The normalized spacial score (nSPS) is 13.9. The minimum absolute atomic E-state index is 0.403. The number of rotatable bonds is 4. The van der Waals surface area contributed by atoms with Crippen LogP contribution in [0.4, 0.5) is 0 Å². The highest BCUT2D eigenvalue weighted by Gasteiger charge is 2.22. The van der Waals surface area contributed by atoms with Gasteiger partial charge in [-0.05, 0) is 5.41 Å². The van der Waals surface area contributed by atoms with Gasteiger partial charge in [0.1, 0.15) is 0 Å². The van der Waals surface area contributed by atoms with Gasteiger partial charge in [0.2, 0.25) is 0 Å². The second kappa shape index (κ2) is 5.56. The van der Waals surface area contributed by atoms with Gasteiger partial charge in [-0.3, -0.25) is 0 Å². The summed E-state index contributed by atoms with van der Waals surface area (Å²) < 4.78 is 0. The van der Waals surface area contributed by atoms with Crippen LogP contribution in [-0.4, -0.2) is 7.28 Å². The summed E-state index contributed by atoms with van der Waals surface area (Å²) in [5.74, 6) is 1.38. The highest BCUT2D eigenvalue weighted by Crippen LogP contribution is 2.32. The Bertz CT molecular complexity index is 295. The summed E-state index contributed by atoms with van der Waals surface area (Å²) in [7, 11) is 2.43. The van der Waals surface area contributed by atoms with Gasteiger partial charge in [-0.25, -0.2) is 0 Å². The molecule has 0 aliphatic carbocycles. The average molecular weight is 215 g/mol. The van der Waals surface area contributed by atoms with Gasteiger partial charge < -0.3 is 0 Å². The lowest BCUT2D eigenvalue weighted by molar-refractivity contribution is 0.337. The molecule has 0 saturated carbocycles. The molecular formula is C15H24B. The third-order valence-corrected chi connectivity index (χ3v) is 2.91. The molecule has 0 nitrogen and oxygen atoms in total. The fourth-order valence-electron chi connectivity index (χ4n) is 2.01. The summed E-state index contributed by atoms with van der Waals surface area (Å²) in [6.07, 6.45) is 1.25. The van der Waals surface area contributed by atoms with E-state index in [1.807, 2.05) is 0 Å². The molecule has 0 bridgehead atoms. The van der Waals surface area contributed by atoms with E-state index in [0.717, 1.165) is 0 Å². The fourth-order valence-corrected chi connectivity index (χ4v) is 2.01. The maximum atomic E-state index is 2.43. The van der Waals surface area contributed by atoms with Gasteiger partial charge in [-0.1, -0.05) is 88.6 Å². The second-order valence-corrected chi connectivity index (χ2v) is 6.25. The first-order valence-corrected chi connectivity index (χ1v) is 6.28. The first-order valence-electron chi connectivity index (χ1n) is 6.28. The van der Waals surface area contributed by atoms with Crippen LogP contribution in [-0.2, 0) is 0 Å². The lowest BCUT2D eigenvalue weighted by Gasteiger charge is -2.28. The van der Waals surface area contributed by atoms with Crippen molar-refractivity contribution in [1.82, 2.24) is 0 Å². The van der Waals surface area contributed by atoms with Gasteiger partial charge in [0.15, 0.2) is 7.28 Å². The predicted octanol–water partition coefficient (Wildman–Crippen LogP) is 3.90. The quantitative estimate of drug-likeness (QED) is 0.668. The van der Waals surface area contributed by atoms with Crippen molar-refractivity contribution < 1.29 is 0 Å². The zero-order valence-corrected chi connectivity index (χ0v) is 11.3. The Labute approximate surface area is 102 Å². The van der Waals surface area contributed by atoms with E-state index >= 15 is 0 Å². The molecule has 1 rings (SSSR count). The Kier molecular flexibility index (Phi) is 4.64. The van der Waals surface area contributed by atoms with Crippen LogP contribution in [0.5, 0.6) is 0 Å². The van der Waals surface area contributed by atoms with Crippen molar-refractivity contribution in [2.45, 2.75) is 46.9 Å². The highest BCUT2D eigenvalue weighted by atomic mass is 14.2. The lowest BCUT2D eigenvalue weighted by atomic mass is 9.52. The molecule has 0 saturated heterocycles. The number of hydrogen-bond acceptors (Lipinski definition) is 0. The Morgan fingerprint density at radius 1 is 1.06 bits per heavy atom. The van der Waals surface area contributed by atoms with Crippen LogP contribution >= 0.6 is 0 Å². The fraction of sp³-hybridized carbons (Fsp3) is 0.600. The van der Waals surface area contributed by atoms with E-state index in [4.69, 9.17) is 0 Å². The molecule has 0 spiro atoms. The third-order valence-electron chi connectivity index (χ3n) is 2.91. The molecule has 0 amide bonds. The molecule has 1 heteroatoms. The van der Waals surface area contributed by atoms with E-state index in [0.29, 0.717) is 17.2 Å². The van der Waals surface area contributed by atoms with Crippen molar-refractivity contribution >= 4 is 12.7 Å². The van der Waals surface area contributed by atoms with Crippen LogP contribution in [0.2, 0.25) is 5.82 Å². The van der Waals surface area contributed by atoms with Gasteiger partial charge in [-0.15, -0.1) is 0 Å². The van der Waals surface area contributed by atoms with E-state index in [2.05, 4.69) is 72.2 Å². The molecule has 1 unspecified atom stereocenters. The SMILES string of the molecule is CC(C)C([B]c1ccccc1)CC(C)(C)C. The van der Waals surface area contributed by atoms with E-state index < -0.39 is 0 Å². The van der Waals surface area contributed by atoms with E-state index in [1.165, 1.54) is 11.9 Å². The maximum Gasteiger partial charge on any atom is 0.155 e. The molecule has 1 aromatic carbocycles. The second-order valence-electron chi connectivity index (χ2n) is 6.25. The van der Waals surface area contributed by atoms with Crippen LogP contribution in [0.15, 0.2) is 30.3 Å². The molecule has 16 heavy (non-hydrogen) atoms. The average Bonchev–Trinajstić information content (AvgIpc) is 2.16. The summed E-state index contributed by atoms with van der Waals surface area (Å²) in [5.41, 5.74) is 1.76. The smallest absolute Gasteiger partial charge is 0.0875 e.